The summed E-state index contributed by atoms with van der Waals surface area (Å²) in [6.07, 6.45) is 0.833. The first-order valence-corrected chi connectivity index (χ1v) is 13.8. The third-order valence-corrected chi connectivity index (χ3v) is 6.57. The van der Waals surface area contributed by atoms with Crippen LogP contribution in [-0.2, 0) is 28.7 Å². The van der Waals surface area contributed by atoms with Crippen molar-refractivity contribution < 1.29 is 44.0 Å². The molecule has 0 saturated carbocycles. The first-order valence-electron chi connectivity index (χ1n) is 10.5. The Morgan fingerprint density at radius 3 is 1.74 bits per heavy atom. The van der Waals surface area contributed by atoms with Crippen LogP contribution in [-0.4, -0.2) is 85.2 Å². The number of carboxylic acids is 2. The highest BCUT2D eigenvalue weighted by atomic mass is 31.2. The highest BCUT2D eigenvalue weighted by molar-refractivity contribution is 7.73. The highest BCUT2D eigenvalue weighted by Gasteiger charge is 2.33. The lowest BCUT2D eigenvalue weighted by Crippen LogP contribution is -2.30. The quantitative estimate of drug-likeness (QED) is 0.230. The van der Waals surface area contributed by atoms with Gasteiger partial charge < -0.3 is 24.8 Å². The van der Waals surface area contributed by atoms with Gasteiger partial charge in [-0.2, -0.15) is 0 Å². The van der Waals surface area contributed by atoms with Gasteiger partial charge in [0, 0.05) is 27.3 Å². The van der Waals surface area contributed by atoms with Crippen LogP contribution in [0.15, 0.2) is 0 Å². The van der Waals surface area contributed by atoms with E-state index in [4.69, 9.17) is 14.6 Å². The maximum absolute atomic E-state index is 12.4. The number of rotatable bonds is 16. The van der Waals surface area contributed by atoms with Gasteiger partial charge in [0.15, 0.2) is 0 Å². The molecule has 0 aliphatic carbocycles. The van der Waals surface area contributed by atoms with Gasteiger partial charge in [0.25, 0.3) is 0 Å². The van der Waals surface area contributed by atoms with Gasteiger partial charge in [0.05, 0.1) is 36.4 Å². The number of ether oxygens (including phenoxy) is 2. The number of aliphatic carboxylic acids is 2. The fourth-order valence-electron chi connectivity index (χ4n) is 3.06. The molecule has 0 radical (unpaired) electrons. The summed E-state index contributed by atoms with van der Waals surface area (Å²) in [7, 11) is -1.10. The Balaban J connectivity index is 5.07. The maximum atomic E-state index is 12.4. The number of aliphatic hydroxyl groups is 1. The predicted octanol–water partition coefficient (Wildman–Crippen LogP) is 2.21. The molecule has 4 atom stereocenters. The van der Waals surface area contributed by atoms with Gasteiger partial charge in [-0.25, -0.2) is 0 Å². The molecule has 9 nitrogen and oxygen atoms in total. The Labute approximate surface area is 184 Å². The maximum Gasteiger partial charge on any atom is 0.309 e. The zero-order valence-corrected chi connectivity index (χ0v) is 20.1. The molecule has 4 unspecified atom stereocenters. The van der Waals surface area contributed by atoms with E-state index in [1.807, 2.05) is 0 Å². The zero-order chi connectivity index (χ0) is 24.2. The van der Waals surface area contributed by atoms with Crippen LogP contribution >= 0.6 is 7.26 Å². The summed E-state index contributed by atoms with van der Waals surface area (Å²) in [5.74, 6) is -7.06. The van der Waals surface area contributed by atoms with Crippen molar-refractivity contribution in [3.05, 3.63) is 0 Å². The molecular formula is C21H38O9P+. The van der Waals surface area contributed by atoms with Crippen molar-refractivity contribution in [2.24, 2.45) is 23.7 Å². The number of esters is 2. The standard InChI is InChI=1S/C21H37O9P/c1-6-15(21(28)30-9-10-31(3,4)5)12-17(19(25)26)13-16(18(23)24)11-14(2)20(27)29-8-7-22/h14-17,22H,6-13H2,1-5H3,(H-,23,24,25,26)/p+1. The molecular weight excluding hydrogens is 427 g/mol. The van der Waals surface area contributed by atoms with Crippen molar-refractivity contribution in [2.45, 2.75) is 39.5 Å². The van der Waals surface area contributed by atoms with Gasteiger partial charge in [-0.3, -0.25) is 19.2 Å². The fourth-order valence-corrected chi connectivity index (χ4v) is 3.70. The van der Waals surface area contributed by atoms with Gasteiger partial charge >= 0.3 is 23.9 Å². The van der Waals surface area contributed by atoms with Crippen molar-refractivity contribution in [1.82, 2.24) is 0 Å². The summed E-state index contributed by atoms with van der Waals surface area (Å²) in [6.45, 7) is 9.41. The van der Waals surface area contributed by atoms with E-state index in [9.17, 15) is 29.4 Å². The first kappa shape index (κ1) is 29.3. The second kappa shape index (κ2) is 14.4. The van der Waals surface area contributed by atoms with Crippen molar-refractivity contribution in [3.8, 4) is 0 Å². The molecule has 0 saturated heterocycles. The number of carbonyl (C=O) groups excluding carboxylic acids is 2. The third-order valence-electron chi connectivity index (χ3n) is 5.05. The summed E-state index contributed by atoms with van der Waals surface area (Å²) in [6, 6.07) is 0. The molecule has 0 aromatic heterocycles. The summed E-state index contributed by atoms with van der Waals surface area (Å²) in [5.41, 5.74) is 0. The largest absolute Gasteiger partial charge is 0.481 e. The van der Waals surface area contributed by atoms with E-state index in [0.717, 1.165) is 6.16 Å². The monoisotopic (exact) mass is 465 g/mol. The lowest BCUT2D eigenvalue weighted by Gasteiger charge is -2.23. The summed E-state index contributed by atoms with van der Waals surface area (Å²) >= 11 is 0. The van der Waals surface area contributed by atoms with Crippen LogP contribution in [0.3, 0.4) is 0 Å². The molecule has 0 spiro atoms. The van der Waals surface area contributed by atoms with Crippen molar-refractivity contribution in [2.75, 3.05) is 46.0 Å². The topological polar surface area (TPSA) is 147 Å². The fraction of sp³-hybridized carbons (Fsp3) is 0.810. The minimum atomic E-state index is -1.21. The van der Waals surface area contributed by atoms with E-state index in [2.05, 4.69) is 20.0 Å². The van der Waals surface area contributed by atoms with E-state index in [-0.39, 0.29) is 39.1 Å². The Morgan fingerprint density at radius 2 is 1.29 bits per heavy atom. The van der Waals surface area contributed by atoms with Crippen LogP contribution in [0.5, 0.6) is 0 Å². The number of hydrogen-bond donors (Lipinski definition) is 3. The first-order chi connectivity index (χ1) is 14.3. The van der Waals surface area contributed by atoms with E-state index in [0.29, 0.717) is 6.42 Å². The molecule has 3 N–H and O–H groups in total. The molecule has 180 valence electrons. The van der Waals surface area contributed by atoms with Gasteiger partial charge in [-0.15, -0.1) is 0 Å². The minimum absolute atomic E-state index is 0.0254. The van der Waals surface area contributed by atoms with Crippen LogP contribution in [0.1, 0.15) is 39.5 Å². The van der Waals surface area contributed by atoms with Crippen LogP contribution in [0.4, 0.5) is 0 Å². The summed E-state index contributed by atoms with van der Waals surface area (Å²) in [5, 5.41) is 27.9. The third kappa shape index (κ3) is 12.7. The molecule has 0 rings (SSSR count). The zero-order valence-electron chi connectivity index (χ0n) is 19.2. The normalized spacial score (nSPS) is 15.4. The predicted molar refractivity (Wildman–Crippen MR) is 118 cm³/mol. The van der Waals surface area contributed by atoms with E-state index in [1.54, 1.807) is 6.92 Å². The Kier molecular flexibility index (Phi) is 13.6. The molecule has 0 amide bonds. The van der Waals surface area contributed by atoms with Crippen molar-refractivity contribution in [1.29, 1.82) is 0 Å². The molecule has 0 fully saturated rings. The van der Waals surface area contributed by atoms with Crippen molar-refractivity contribution >= 4 is 31.1 Å². The lowest BCUT2D eigenvalue weighted by atomic mass is 9.82. The number of aliphatic hydroxyl groups excluding tert-OH is 1. The smallest absolute Gasteiger partial charge is 0.309 e. The van der Waals surface area contributed by atoms with E-state index in [1.165, 1.54) is 6.92 Å². The van der Waals surface area contributed by atoms with Gasteiger partial charge in [0.2, 0.25) is 0 Å². The number of hydrogen-bond acceptors (Lipinski definition) is 7. The molecule has 0 aliphatic heterocycles. The second-order valence-corrected chi connectivity index (χ2v) is 13.9. The molecule has 0 aromatic carbocycles. The van der Waals surface area contributed by atoms with Gasteiger partial charge in [-0.05, 0) is 25.7 Å². The summed E-state index contributed by atoms with van der Waals surface area (Å²) < 4.78 is 10.1. The minimum Gasteiger partial charge on any atom is -0.481 e. The molecule has 0 aromatic rings. The average molecular weight is 466 g/mol. The van der Waals surface area contributed by atoms with Crippen LogP contribution in [0.2, 0.25) is 0 Å². The lowest BCUT2D eigenvalue weighted by molar-refractivity contribution is -0.151. The highest BCUT2D eigenvalue weighted by Crippen LogP contribution is 2.45. The SMILES string of the molecule is CCC(CC(CC(CC(C)C(=O)OCCO)C(=O)O)C(=O)O)C(=O)OCC[P+](C)(C)C. The Hall–Kier alpha value is -1.73. The van der Waals surface area contributed by atoms with Gasteiger partial charge in [-0.1, -0.05) is 13.8 Å². The Morgan fingerprint density at radius 1 is 0.806 bits per heavy atom. The molecule has 0 bridgehead atoms. The Bertz CT molecular complexity index is 600. The van der Waals surface area contributed by atoms with Crippen LogP contribution in [0, 0.1) is 23.7 Å². The van der Waals surface area contributed by atoms with E-state index < -0.39 is 54.8 Å². The van der Waals surface area contributed by atoms with Crippen LogP contribution in [0.25, 0.3) is 0 Å². The average Bonchev–Trinajstić information content (AvgIpc) is 2.66. The second-order valence-electron chi connectivity index (χ2n) is 8.86. The molecule has 10 heteroatoms. The van der Waals surface area contributed by atoms with Crippen molar-refractivity contribution in [3.63, 3.8) is 0 Å². The van der Waals surface area contributed by atoms with Gasteiger partial charge in [0.1, 0.15) is 13.2 Å². The summed E-state index contributed by atoms with van der Waals surface area (Å²) in [4.78, 5) is 47.7. The number of carbonyl (C=O) groups is 4. The van der Waals surface area contributed by atoms with Crippen LogP contribution < -0.4 is 0 Å². The molecule has 0 heterocycles. The van der Waals surface area contributed by atoms with E-state index >= 15 is 0 Å². The molecule has 31 heavy (non-hydrogen) atoms. The molecule has 0 aliphatic rings. The number of carboxylic acid groups (broad SMARTS) is 2.